The van der Waals surface area contributed by atoms with E-state index in [-0.39, 0.29) is 26.8 Å². The van der Waals surface area contributed by atoms with Crippen LogP contribution in [0.5, 0.6) is 0 Å². The summed E-state index contributed by atoms with van der Waals surface area (Å²) in [5.41, 5.74) is -2.59. The van der Waals surface area contributed by atoms with Crippen molar-refractivity contribution < 1.29 is 38.4 Å². The molecule has 0 radical (unpaired) electrons. The maximum absolute atomic E-state index is 11.9. The average molecular weight is 323 g/mol. The van der Waals surface area contributed by atoms with Gasteiger partial charge in [0.1, 0.15) is 19.2 Å². The highest BCUT2D eigenvalue weighted by atomic mass is 16.7. The van der Waals surface area contributed by atoms with Crippen LogP contribution in [0, 0.1) is 0 Å². The van der Waals surface area contributed by atoms with E-state index in [1.165, 1.54) is 14.2 Å². The Morgan fingerprint density at radius 1 is 1.00 bits per heavy atom. The van der Waals surface area contributed by atoms with E-state index in [1.807, 2.05) is 0 Å². The third kappa shape index (κ3) is 8.13. The Morgan fingerprint density at radius 2 is 1.45 bits per heavy atom. The molecule has 0 rings (SSSR count). The van der Waals surface area contributed by atoms with Gasteiger partial charge in [-0.05, 0) is 20.8 Å². The molecule has 9 heteroatoms. The number of ether oxygens (including phenoxy) is 5. The van der Waals surface area contributed by atoms with Crippen LogP contribution in [0.3, 0.4) is 0 Å². The average Bonchev–Trinajstić information content (AvgIpc) is 2.36. The quantitative estimate of drug-likeness (QED) is 0.443. The molecule has 0 aliphatic carbocycles. The van der Waals surface area contributed by atoms with E-state index in [1.54, 1.807) is 20.8 Å². The van der Waals surface area contributed by atoms with Crippen LogP contribution in [0.25, 0.3) is 0 Å². The zero-order valence-corrected chi connectivity index (χ0v) is 13.6. The van der Waals surface area contributed by atoms with Gasteiger partial charge >= 0.3 is 12.1 Å². The zero-order chi connectivity index (χ0) is 17.2. The van der Waals surface area contributed by atoms with Crippen molar-refractivity contribution in [2.45, 2.75) is 31.9 Å². The normalized spacial score (nSPS) is 12.0. The molecule has 0 saturated carbocycles. The molecule has 0 spiro atoms. The molecule has 0 aliphatic heterocycles. The first-order valence-corrected chi connectivity index (χ1v) is 6.55. The Kier molecular flexibility index (Phi) is 8.95. The van der Waals surface area contributed by atoms with Crippen molar-refractivity contribution in [2.24, 2.45) is 0 Å². The van der Waals surface area contributed by atoms with Crippen molar-refractivity contribution in [3.05, 3.63) is 0 Å². The highest BCUT2D eigenvalue weighted by Gasteiger charge is 2.42. The van der Waals surface area contributed by atoms with E-state index in [0.717, 1.165) is 0 Å². The van der Waals surface area contributed by atoms with Crippen LogP contribution in [0.2, 0.25) is 0 Å². The molecule has 0 aromatic rings. The van der Waals surface area contributed by atoms with Crippen LogP contribution in [0.4, 0.5) is 4.79 Å². The minimum absolute atomic E-state index is 0.130. The van der Waals surface area contributed by atoms with Gasteiger partial charge in [0.15, 0.2) is 5.54 Å². The number of carbonyl (C=O) groups excluding carboxylic acids is 1. The fraction of sp³-hybridized carbons (Fsp3) is 0.846. The number of alkyl carbamates (subject to hydrolysis) is 1. The predicted molar refractivity (Wildman–Crippen MR) is 75.4 cm³/mol. The molecule has 0 heterocycles. The van der Waals surface area contributed by atoms with Crippen molar-refractivity contribution in [3.63, 3.8) is 0 Å². The first kappa shape index (κ1) is 20.6. The number of carbonyl (C=O) groups is 2. The Hall–Kier alpha value is -1.42. The summed E-state index contributed by atoms with van der Waals surface area (Å²) in [5, 5.41) is 11.7. The van der Waals surface area contributed by atoms with Crippen LogP contribution in [-0.4, -0.2) is 69.3 Å². The topological polar surface area (TPSA) is 113 Å². The van der Waals surface area contributed by atoms with E-state index in [9.17, 15) is 14.7 Å². The predicted octanol–water partition coefficient (Wildman–Crippen LogP) is 0.576. The molecule has 2 N–H and O–H groups in total. The molecule has 0 aromatic carbocycles. The Balaban J connectivity index is 4.99. The van der Waals surface area contributed by atoms with Gasteiger partial charge in [0.2, 0.25) is 0 Å². The summed E-state index contributed by atoms with van der Waals surface area (Å²) in [7, 11) is 2.79. The van der Waals surface area contributed by atoms with E-state index in [4.69, 9.17) is 23.7 Å². The fourth-order valence-electron chi connectivity index (χ4n) is 1.39. The zero-order valence-electron chi connectivity index (χ0n) is 13.6. The van der Waals surface area contributed by atoms with Gasteiger partial charge < -0.3 is 34.1 Å². The Labute approximate surface area is 129 Å². The van der Waals surface area contributed by atoms with Crippen LogP contribution in [0.1, 0.15) is 20.8 Å². The highest BCUT2D eigenvalue weighted by Crippen LogP contribution is 2.12. The standard InChI is InChI=1S/C13H25NO8/c1-12(2,3)22-11(17)14-13(10(15)16,6-20-8-18-4)7-21-9-19-5/h6-9H2,1-5H3,(H,14,17)(H,15,16). The molecular formula is C13H25NO8. The number of amides is 1. The maximum atomic E-state index is 11.9. The summed E-state index contributed by atoms with van der Waals surface area (Å²) in [5.74, 6) is -1.33. The van der Waals surface area contributed by atoms with E-state index >= 15 is 0 Å². The summed E-state index contributed by atoms with van der Waals surface area (Å²) in [6.07, 6.45) is -0.892. The molecule has 0 atom stereocenters. The molecule has 0 aromatic heterocycles. The van der Waals surface area contributed by atoms with Crippen molar-refractivity contribution >= 4 is 12.1 Å². The molecule has 130 valence electrons. The van der Waals surface area contributed by atoms with Crippen LogP contribution >= 0.6 is 0 Å². The summed E-state index contributed by atoms with van der Waals surface area (Å²) in [4.78, 5) is 23.5. The van der Waals surface area contributed by atoms with E-state index in [2.05, 4.69) is 5.32 Å². The number of hydrogen-bond donors (Lipinski definition) is 2. The SMILES string of the molecule is COCOCC(COCOC)(NC(=O)OC(C)(C)C)C(=O)O. The molecule has 22 heavy (non-hydrogen) atoms. The lowest BCUT2D eigenvalue weighted by Gasteiger charge is -2.31. The number of carboxylic acids is 1. The van der Waals surface area contributed by atoms with Gasteiger partial charge in [-0.1, -0.05) is 0 Å². The first-order valence-electron chi connectivity index (χ1n) is 6.55. The van der Waals surface area contributed by atoms with Crippen LogP contribution in [-0.2, 0) is 28.5 Å². The maximum Gasteiger partial charge on any atom is 0.408 e. The summed E-state index contributed by atoms with van der Waals surface area (Å²) in [6.45, 7) is 4.01. The smallest absolute Gasteiger partial charge is 0.408 e. The van der Waals surface area contributed by atoms with Gasteiger partial charge in [-0.2, -0.15) is 0 Å². The number of methoxy groups -OCH3 is 2. The Morgan fingerprint density at radius 3 is 1.77 bits per heavy atom. The Bertz CT molecular complexity index is 342. The molecular weight excluding hydrogens is 298 g/mol. The number of aliphatic carboxylic acids is 1. The van der Waals surface area contributed by atoms with Gasteiger partial charge in [-0.15, -0.1) is 0 Å². The summed E-state index contributed by atoms with van der Waals surface area (Å²) < 4.78 is 24.6. The number of rotatable bonds is 10. The molecule has 0 unspecified atom stereocenters. The van der Waals surface area contributed by atoms with Gasteiger partial charge in [0, 0.05) is 14.2 Å². The molecule has 1 amide bonds. The molecule has 0 aliphatic rings. The number of nitrogens with one attached hydrogen (secondary N) is 1. The minimum atomic E-state index is -1.82. The third-order valence-corrected chi connectivity index (χ3v) is 2.25. The van der Waals surface area contributed by atoms with Crippen molar-refractivity contribution in [1.82, 2.24) is 5.32 Å². The fourth-order valence-corrected chi connectivity index (χ4v) is 1.39. The minimum Gasteiger partial charge on any atom is -0.479 e. The van der Waals surface area contributed by atoms with Crippen LogP contribution in [0.15, 0.2) is 0 Å². The van der Waals surface area contributed by atoms with Gasteiger partial charge in [-0.3, -0.25) is 0 Å². The molecule has 9 nitrogen and oxygen atoms in total. The third-order valence-electron chi connectivity index (χ3n) is 2.25. The lowest BCUT2D eigenvalue weighted by Crippen LogP contribution is -2.61. The van der Waals surface area contributed by atoms with Crippen molar-refractivity contribution in [2.75, 3.05) is 41.0 Å². The molecule has 0 bridgehead atoms. The summed E-state index contributed by atoms with van der Waals surface area (Å²) >= 11 is 0. The van der Waals surface area contributed by atoms with Gasteiger partial charge in [0.25, 0.3) is 0 Å². The van der Waals surface area contributed by atoms with E-state index < -0.39 is 23.2 Å². The summed E-state index contributed by atoms with van der Waals surface area (Å²) in [6, 6.07) is 0. The second-order valence-corrected chi connectivity index (χ2v) is 5.52. The molecule has 0 saturated heterocycles. The van der Waals surface area contributed by atoms with Gasteiger partial charge in [-0.25, -0.2) is 9.59 Å². The highest BCUT2D eigenvalue weighted by molar-refractivity contribution is 5.84. The first-order chi connectivity index (χ1) is 10.2. The molecule has 0 fully saturated rings. The van der Waals surface area contributed by atoms with Crippen molar-refractivity contribution in [3.8, 4) is 0 Å². The van der Waals surface area contributed by atoms with Gasteiger partial charge in [0.05, 0.1) is 13.2 Å². The number of carboxylic acid groups (broad SMARTS) is 1. The van der Waals surface area contributed by atoms with E-state index in [0.29, 0.717) is 0 Å². The second kappa shape index (κ2) is 9.57. The lowest BCUT2D eigenvalue weighted by atomic mass is 10.0. The largest absolute Gasteiger partial charge is 0.479 e. The van der Waals surface area contributed by atoms with Crippen LogP contribution < -0.4 is 5.32 Å². The number of hydrogen-bond acceptors (Lipinski definition) is 7. The lowest BCUT2D eigenvalue weighted by molar-refractivity contribution is -0.158. The monoisotopic (exact) mass is 323 g/mol. The second-order valence-electron chi connectivity index (χ2n) is 5.52. The van der Waals surface area contributed by atoms with Crippen molar-refractivity contribution in [1.29, 1.82) is 0 Å².